The maximum absolute atomic E-state index is 12.3. The molecule has 3 N–H and O–H groups in total. The van der Waals surface area contributed by atoms with Gasteiger partial charge in [0.1, 0.15) is 5.76 Å². The molecule has 2 heterocycles. The van der Waals surface area contributed by atoms with Crippen molar-refractivity contribution in [1.82, 2.24) is 21.1 Å². The third-order valence-corrected chi connectivity index (χ3v) is 4.56. The Morgan fingerprint density at radius 1 is 1.21 bits per heavy atom. The molecule has 9 heteroatoms. The Bertz CT molecular complexity index is 880. The van der Waals surface area contributed by atoms with Crippen LogP contribution in [0.1, 0.15) is 28.1 Å². The molecule has 8 nitrogen and oxygen atoms in total. The number of carbonyl (C=O) groups excluding carboxylic acids is 3. The summed E-state index contributed by atoms with van der Waals surface area (Å²) in [5.41, 5.74) is 6.43. The van der Waals surface area contributed by atoms with Gasteiger partial charge in [0.25, 0.3) is 5.91 Å². The first-order valence-electron chi connectivity index (χ1n) is 8.70. The Balaban J connectivity index is 1.44. The summed E-state index contributed by atoms with van der Waals surface area (Å²) in [6, 6.07) is 10.5. The molecule has 1 aromatic heterocycles. The minimum atomic E-state index is -0.509. The number of rotatable bonds is 4. The highest BCUT2D eigenvalue weighted by atomic mass is 32.1. The van der Waals surface area contributed by atoms with Crippen molar-refractivity contribution >= 4 is 35.1 Å². The topological polar surface area (TPSA) is 104 Å². The lowest BCUT2D eigenvalue weighted by molar-refractivity contribution is -0.129. The largest absolute Gasteiger partial charge is 0.467 e. The quantitative estimate of drug-likeness (QED) is 0.528. The second kappa shape index (κ2) is 8.66. The number of furan rings is 1. The summed E-state index contributed by atoms with van der Waals surface area (Å²) in [7, 11) is 0. The van der Waals surface area contributed by atoms with Gasteiger partial charge in [-0.3, -0.25) is 30.6 Å². The van der Waals surface area contributed by atoms with Crippen LogP contribution in [0, 0.1) is 12.8 Å². The first-order valence-corrected chi connectivity index (χ1v) is 9.11. The first-order chi connectivity index (χ1) is 13.4. The molecule has 3 amide bonds. The molecule has 0 saturated carbocycles. The van der Waals surface area contributed by atoms with Gasteiger partial charge in [-0.05, 0) is 43.4 Å². The van der Waals surface area contributed by atoms with Crippen LogP contribution in [0.3, 0.4) is 0 Å². The SMILES string of the molecule is Cc1ccc(C(=O)NC(=S)NNC(=O)C2CC(=O)N(Cc3ccco3)C2)cc1. The van der Waals surface area contributed by atoms with Gasteiger partial charge in [0.2, 0.25) is 11.8 Å². The van der Waals surface area contributed by atoms with E-state index in [0.29, 0.717) is 17.9 Å². The lowest BCUT2D eigenvalue weighted by atomic mass is 10.1. The van der Waals surface area contributed by atoms with Crippen LogP contribution in [0.4, 0.5) is 0 Å². The van der Waals surface area contributed by atoms with Gasteiger partial charge in [-0.15, -0.1) is 0 Å². The molecule has 0 radical (unpaired) electrons. The van der Waals surface area contributed by atoms with Crippen molar-refractivity contribution in [2.75, 3.05) is 6.54 Å². The minimum absolute atomic E-state index is 0.0318. The van der Waals surface area contributed by atoms with Gasteiger partial charge in [-0.25, -0.2) is 0 Å². The smallest absolute Gasteiger partial charge is 0.257 e. The third-order valence-electron chi connectivity index (χ3n) is 4.35. The summed E-state index contributed by atoms with van der Waals surface area (Å²) in [6.45, 7) is 2.54. The second-order valence-corrected chi connectivity index (χ2v) is 6.93. The molecular formula is C19H20N4O4S. The fourth-order valence-electron chi connectivity index (χ4n) is 2.82. The number of amides is 3. The Kier molecular flexibility index (Phi) is 6.05. The lowest BCUT2D eigenvalue weighted by Crippen LogP contribution is -2.50. The molecule has 1 atom stereocenters. The fourth-order valence-corrected chi connectivity index (χ4v) is 2.97. The van der Waals surface area contributed by atoms with Gasteiger partial charge in [-0.2, -0.15) is 0 Å². The first kappa shape index (κ1) is 19.6. The van der Waals surface area contributed by atoms with Crippen LogP contribution in [0.15, 0.2) is 47.1 Å². The van der Waals surface area contributed by atoms with Crippen molar-refractivity contribution in [3.05, 3.63) is 59.5 Å². The second-order valence-electron chi connectivity index (χ2n) is 6.52. The van der Waals surface area contributed by atoms with Crippen LogP contribution in [-0.2, 0) is 16.1 Å². The Morgan fingerprint density at radius 2 is 1.96 bits per heavy atom. The van der Waals surface area contributed by atoms with Crippen molar-refractivity contribution in [1.29, 1.82) is 0 Å². The summed E-state index contributed by atoms with van der Waals surface area (Å²) >= 11 is 5.02. The summed E-state index contributed by atoms with van der Waals surface area (Å²) < 4.78 is 5.23. The zero-order chi connectivity index (χ0) is 20.1. The van der Waals surface area contributed by atoms with Gasteiger partial charge in [0, 0.05) is 18.5 Å². The highest BCUT2D eigenvalue weighted by molar-refractivity contribution is 7.80. The molecule has 28 heavy (non-hydrogen) atoms. The van der Waals surface area contributed by atoms with Gasteiger partial charge in [0.05, 0.1) is 18.7 Å². The molecule has 1 unspecified atom stereocenters. The van der Waals surface area contributed by atoms with E-state index in [1.807, 2.05) is 19.1 Å². The van der Waals surface area contributed by atoms with E-state index in [1.165, 1.54) is 6.26 Å². The number of hydrogen-bond acceptors (Lipinski definition) is 5. The molecular weight excluding hydrogens is 380 g/mol. The number of nitrogens with zero attached hydrogens (tertiary/aromatic N) is 1. The van der Waals surface area contributed by atoms with E-state index in [9.17, 15) is 14.4 Å². The highest BCUT2D eigenvalue weighted by Crippen LogP contribution is 2.20. The zero-order valence-electron chi connectivity index (χ0n) is 15.2. The molecule has 0 aliphatic carbocycles. The van der Waals surface area contributed by atoms with E-state index < -0.39 is 5.92 Å². The molecule has 0 spiro atoms. The number of carbonyl (C=O) groups is 3. The fraction of sp³-hybridized carbons (Fsp3) is 0.263. The number of likely N-dealkylation sites (tertiary alicyclic amines) is 1. The van der Waals surface area contributed by atoms with Crippen molar-refractivity contribution in [2.24, 2.45) is 5.92 Å². The van der Waals surface area contributed by atoms with E-state index in [4.69, 9.17) is 16.6 Å². The summed E-state index contributed by atoms with van der Waals surface area (Å²) in [4.78, 5) is 38.0. The molecule has 3 rings (SSSR count). The predicted molar refractivity (Wildman–Crippen MR) is 105 cm³/mol. The number of thiocarbonyl (C=S) groups is 1. The average Bonchev–Trinajstić information content (AvgIpc) is 3.31. The average molecular weight is 400 g/mol. The van der Waals surface area contributed by atoms with Gasteiger partial charge in [-0.1, -0.05) is 17.7 Å². The molecule has 146 valence electrons. The predicted octanol–water partition coefficient (Wildman–Crippen LogP) is 1.27. The summed E-state index contributed by atoms with van der Waals surface area (Å²) in [6.07, 6.45) is 1.65. The van der Waals surface area contributed by atoms with Gasteiger partial charge >= 0.3 is 0 Å². The number of aryl methyl sites for hydroxylation is 1. The zero-order valence-corrected chi connectivity index (χ0v) is 16.0. The number of hydrazine groups is 1. The van der Waals surface area contributed by atoms with Crippen molar-refractivity contribution in [3.63, 3.8) is 0 Å². The Hall–Kier alpha value is -3.20. The van der Waals surface area contributed by atoms with E-state index in [1.54, 1.807) is 29.2 Å². The lowest BCUT2D eigenvalue weighted by Gasteiger charge is -2.16. The van der Waals surface area contributed by atoms with Crippen molar-refractivity contribution < 1.29 is 18.8 Å². The molecule has 1 aliphatic rings. The molecule has 1 aliphatic heterocycles. The number of nitrogens with one attached hydrogen (secondary N) is 3. The summed E-state index contributed by atoms with van der Waals surface area (Å²) in [5.74, 6) is -0.723. The summed E-state index contributed by atoms with van der Waals surface area (Å²) in [5, 5.41) is 2.45. The normalized spacial score (nSPS) is 16.0. The van der Waals surface area contributed by atoms with E-state index in [0.717, 1.165) is 5.56 Å². The molecule has 2 aromatic rings. The number of benzene rings is 1. The standard InChI is InChI=1S/C19H20N4O4S/c1-12-4-6-13(7-5-12)17(25)20-19(28)22-21-18(26)14-9-16(24)23(10-14)11-15-3-2-8-27-15/h2-8,14H,9-11H2,1H3,(H,21,26)(H2,20,22,25,28). The van der Waals surface area contributed by atoms with E-state index in [-0.39, 0.29) is 35.8 Å². The monoisotopic (exact) mass is 400 g/mol. The van der Waals surface area contributed by atoms with E-state index in [2.05, 4.69) is 16.2 Å². The highest BCUT2D eigenvalue weighted by Gasteiger charge is 2.34. The van der Waals surface area contributed by atoms with Crippen LogP contribution in [0.25, 0.3) is 0 Å². The third kappa shape index (κ3) is 4.95. The minimum Gasteiger partial charge on any atom is -0.467 e. The van der Waals surface area contributed by atoms with Crippen LogP contribution in [0.2, 0.25) is 0 Å². The van der Waals surface area contributed by atoms with E-state index >= 15 is 0 Å². The maximum Gasteiger partial charge on any atom is 0.257 e. The maximum atomic E-state index is 12.3. The number of hydrogen-bond donors (Lipinski definition) is 3. The van der Waals surface area contributed by atoms with Gasteiger partial charge < -0.3 is 9.32 Å². The molecule has 0 bridgehead atoms. The van der Waals surface area contributed by atoms with Crippen LogP contribution in [-0.4, -0.2) is 34.3 Å². The van der Waals surface area contributed by atoms with Crippen LogP contribution >= 0.6 is 12.2 Å². The van der Waals surface area contributed by atoms with Gasteiger partial charge in [0.15, 0.2) is 5.11 Å². The van der Waals surface area contributed by atoms with Crippen LogP contribution in [0.5, 0.6) is 0 Å². The van der Waals surface area contributed by atoms with Crippen LogP contribution < -0.4 is 16.2 Å². The van der Waals surface area contributed by atoms with Crippen molar-refractivity contribution in [3.8, 4) is 0 Å². The van der Waals surface area contributed by atoms with Crippen molar-refractivity contribution in [2.45, 2.75) is 19.9 Å². The molecule has 1 saturated heterocycles. The Morgan fingerprint density at radius 3 is 2.64 bits per heavy atom. The molecule has 1 fully saturated rings. The Labute approximate surface area is 167 Å². The molecule has 1 aromatic carbocycles.